The number of nitrogens with zero attached hydrogens (tertiary/aromatic N) is 2. The lowest BCUT2D eigenvalue weighted by molar-refractivity contribution is 0.442. The van der Waals surface area contributed by atoms with E-state index in [0.29, 0.717) is 0 Å². The van der Waals surface area contributed by atoms with Crippen LogP contribution in [0.3, 0.4) is 0 Å². The van der Waals surface area contributed by atoms with E-state index in [1.54, 1.807) is 0 Å². The van der Waals surface area contributed by atoms with Crippen molar-refractivity contribution in [1.82, 2.24) is 15.5 Å². The minimum Gasteiger partial charge on any atom is -0.425 e. The zero-order valence-electron chi connectivity index (χ0n) is 11.6. The van der Waals surface area contributed by atoms with Crippen LogP contribution in [0.15, 0.2) is 28.7 Å². The van der Waals surface area contributed by atoms with Gasteiger partial charge in [0.1, 0.15) is 0 Å². The standard InChI is InChI=1S/C15H21N3O/c1-12-5-7-13(8-6-12)9-10-15-18-17-14(19-15)4-3-11-16-2/h5-8,16H,3-4,9-11H2,1-2H3. The van der Waals surface area contributed by atoms with Crippen molar-refractivity contribution in [3.63, 3.8) is 0 Å². The van der Waals surface area contributed by atoms with Crippen molar-refractivity contribution in [2.24, 2.45) is 0 Å². The molecule has 1 aromatic heterocycles. The molecule has 0 saturated carbocycles. The van der Waals surface area contributed by atoms with Gasteiger partial charge in [-0.2, -0.15) is 0 Å². The topological polar surface area (TPSA) is 51.0 Å². The first-order valence-electron chi connectivity index (χ1n) is 6.79. The summed E-state index contributed by atoms with van der Waals surface area (Å²) in [5, 5.41) is 11.3. The fourth-order valence-corrected chi connectivity index (χ4v) is 1.91. The summed E-state index contributed by atoms with van der Waals surface area (Å²) in [6.45, 7) is 3.07. The van der Waals surface area contributed by atoms with Crippen LogP contribution in [-0.2, 0) is 19.3 Å². The number of aryl methyl sites for hydroxylation is 4. The van der Waals surface area contributed by atoms with Crippen LogP contribution >= 0.6 is 0 Å². The molecular weight excluding hydrogens is 238 g/mol. The Morgan fingerprint density at radius 1 is 1.00 bits per heavy atom. The Kier molecular flexibility index (Phi) is 5.10. The van der Waals surface area contributed by atoms with Gasteiger partial charge in [0.25, 0.3) is 0 Å². The Balaban J connectivity index is 1.81. The van der Waals surface area contributed by atoms with Crippen LogP contribution in [0.5, 0.6) is 0 Å². The lowest BCUT2D eigenvalue weighted by atomic mass is 10.1. The molecule has 2 aromatic rings. The number of nitrogens with one attached hydrogen (secondary N) is 1. The predicted molar refractivity (Wildman–Crippen MR) is 75.1 cm³/mol. The van der Waals surface area contributed by atoms with Crippen LogP contribution in [0, 0.1) is 6.92 Å². The number of hydrogen-bond acceptors (Lipinski definition) is 4. The van der Waals surface area contributed by atoms with E-state index in [1.807, 2.05) is 7.05 Å². The summed E-state index contributed by atoms with van der Waals surface area (Å²) in [5.74, 6) is 1.48. The highest BCUT2D eigenvalue weighted by atomic mass is 16.4. The van der Waals surface area contributed by atoms with E-state index in [0.717, 1.165) is 44.0 Å². The van der Waals surface area contributed by atoms with Crippen LogP contribution in [0.25, 0.3) is 0 Å². The van der Waals surface area contributed by atoms with Gasteiger partial charge < -0.3 is 9.73 Å². The molecule has 0 aliphatic rings. The highest BCUT2D eigenvalue weighted by Crippen LogP contribution is 2.09. The molecule has 0 atom stereocenters. The molecular formula is C15H21N3O. The van der Waals surface area contributed by atoms with Crippen molar-refractivity contribution >= 4 is 0 Å². The monoisotopic (exact) mass is 259 g/mol. The second-order valence-electron chi connectivity index (χ2n) is 4.78. The van der Waals surface area contributed by atoms with Gasteiger partial charge >= 0.3 is 0 Å². The zero-order chi connectivity index (χ0) is 13.5. The molecule has 2 rings (SSSR count). The van der Waals surface area contributed by atoms with E-state index in [2.05, 4.69) is 46.7 Å². The molecule has 4 heteroatoms. The molecule has 1 heterocycles. The van der Waals surface area contributed by atoms with Gasteiger partial charge in [0.15, 0.2) is 0 Å². The van der Waals surface area contributed by atoms with Crippen molar-refractivity contribution in [1.29, 1.82) is 0 Å². The van der Waals surface area contributed by atoms with Crippen molar-refractivity contribution in [2.45, 2.75) is 32.6 Å². The quantitative estimate of drug-likeness (QED) is 0.775. The van der Waals surface area contributed by atoms with E-state index in [4.69, 9.17) is 4.42 Å². The molecule has 0 bridgehead atoms. The predicted octanol–water partition coefficient (Wildman–Crippen LogP) is 2.32. The van der Waals surface area contributed by atoms with Crippen molar-refractivity contribution < 1.29 is 4.42 Å². The van der Waals surface area contributed by atoms with Gasteiger partial charge in [-0.3, -0.25) is 0 Å². The van der Waals surface area contributed by atoms with E-state index in [-0.39, 0.29) is 0 Å². The molecule has 0 fully saturated rings. The number of aromatic nitrogens is 2. The van der Waals surface area contributed by atoms with Crippen LogP contribution < -0.4 is 5.32 Å². The molecule has 4 nitrogen and oxygen atoms in total. The summed E-state index contributed by atoms with van der Waals surface area (Å²) in [7, 11) is 1.95. The van der Waals surface area contributed by atoms with Crippen LogP contribution in [0.2, 0.25) is 0 Å². The summed E-state index contributed by atoms with van der Waals surface area (Å²) < 4.78 is 5.63. The average molecular weight is 259 g/mol. The first kappa shape index (κ1) is 13.7. The van der Waals surface area contributed by atoms with E-state index in [9.17, 15) is 0 Å². The minimum atomic E-state index is 0.736. The van der Waals surface area contributed by atoms with Crippen LogP contribution in [0.4, 0.5) is 0 Å². The third-order valence-corrected chi connectivity index (χ3v) is 3.07. The number of hydrogen-bond donors (Lipinski definition) is 1. The normalized spacial score (nSPS) is 10.8. The molecule has 1 aromatic carbocycles. The fraction of sp³-hybridized carbons (Fsp3) is 0.467. The fourth-order valence-electron chi connectivity index (χ4n) is 1.91. The van der Waals surface area contributed by atoms with Gasteiger partial charge in [-0.25, -0.2) is 0 Å². The van der Waals surface area contributed by atoms with Gasteiger partial charge in [0.05, 0.1) is 0 Å². The second-order valence-corrected chi connectivity index (χ2v) is 4.78. The first-order chi connectivity index (χ1) is 9.28. The SMILES string of the molecule is CNCCCc1nnc(CCc2ccc(C)cc2)o1. The maximum atomic E-state index is 5.63. The lowest BCUT2D eigenvalue weighted by Crippen LogP contribution is -2.08. The highest BCUT2D eigenvalue weighted by Gasteiger charge is 2.06. The minimum absolute atomic E-state index is 0.736. The van der Waals surface area contributed by atoms with Crippen LogP contribution in [-0.4, -0.2) is 23.8 Å². The molecule has 0 aliphatic carbocycles. The Bertz CT molecular complexity index is 490. The number of rotatable bonds is 7. The zero-order valence-corrected chi connectivity index (χ0v) is 11.6. The summed E-state index contributed by atoms with van der Waals surface area (Å²) in [4.78, 5) is 0. The van der Waals surface area contributed by atoms with E-state index >= 15 is 0 Å². The third kappa shape index (κ3) is 4.48. The smallest absolute Gasteiger partial charge is 0.216 e. The van der Waals surface area contributed by atoms with E-state index < -0.39 is 0 Å². The molecule has 0 unspecified atom stereocenters. The third-order valence-electron chi connectivity index (χ3n) is 3.07. The Morgan fingerprint density at radius 3 is 2.37 bits per heavy atom. The maximum Gasteiger partial charge on any atom is 0.216 e. The molecule has 0 spiro atoms. The van der Waals surface area contributed by atoms with Crippen molar-refractivity contribution in [2.75, 3.05) is 13.6 Å². The van der Waals surface area contributed by atoms with Gasteiger partial charge in [-0.05, 0) is 38.9 Å². The lowest BCUT2D eigenvalue weighted by Gasteiger charge is -1.99. The van der Waals surface area contributed by atoms with Crippen LogP contribution in [0.1, 0.15) is 29.3 Å². The number of benzene rings is 1. The largest absolute Gasteiger partial charge is 0.425 e. The van der Waals surface area contributed by atoms with Gasteiger partial charge in [0.2, 0.25) is 11.8 Å². The molecule has 19 heavy (non-hydrogen) atoms. The Morgan fingerprint density at radius 2 is 1.68 bits per heavy atom. The van der Waals surface area contributed by atoms with E-state index in [1.165, 1.54) is 11.1 Å². The molecule has 102 valence electrons. The van der Waals surface area contributed by atoms with Gasteiger partial charge in [-0.15, -0.1) is 10.2 Å². The Hall–Kier alpha value is -1.68. The Labute approximate surface area is 114 Å². The first-order valence-corrected chi connectivity index (χ1v) is 6.79. The highest BCUT2D eigenvalue weighted by molar-refractivity contribution is 5.21. The van der Waals surface area contributed by atoms with Crippen molar-refractivity contribution in [3.05, 3.63) is 47.2 Å². The summed E-state index contributed by atoms with van der Waals surface area (Å²) >= 11 is 0. The molecule has 0 saturated heterocycles. The summed E-state index contributed by atoms with van der Waals surface area (Å²) in [6, 6.07) is 8.57. The molecule has 0 radical (unpaired) electrons. The summed E-state index contributed by atoms with van der Waals surface area (Å²) in [5.41, 5.74) is 2.59. The van der Waals surface area contributed by atoms with Gasteiger partial charge in [-0.1, -0.05) is 29.8 Å². The summed E-state index contributed by atoms with van der Waals surface area (Å²) in [6.07, 6.45) is 3.62. The second kappa shape index (κ2) is 7.04. The molecule has 0 amide bonds. The molecule has 1 N–H and O–H groups in total. The molecule has 0 aliphatic heterocycles. The maximum absolute atomic E-state index is 5.63. The average Bonchev–Trinajstić information content (AvgIpc) is 2.86. The van der Waals surface area contributed by atoms with Crippen molar-refractivity contribution in [3.8, 4) is 0 Å². The van der Waals surface area contributed by atoms with Gasteiger partial charge in [0, 0.05) is 12.8 Å².